The molecule has 0 heterocycles. The zero-order valence-electron chi connectivity index (χ0n) is 13.1. The van der Waals surface area contributed by atoms with Gasteiger partial charge in [-0.3, -0.25) is 4.90 Å². The number of ether oxygens (including phenoxy) is 1. The number of rotatable bonds is 7. The second kappa shape index (κ2) is 5.89. The third-order valence-corrected chi connectivity index (χ3v) is 4.73. The van der Waals surface area contributed by atoms with Gasteiger partial charge in [0.2, 0.25) is 0 Å². The van der Waals surface area contributed by atoms with E-state index in [2.05, 4.69) is 46.4 Å². The minimum atomic E-state index is -0.105. The Morgan fingerprint density at radius 1 is 1.33 bits per heavy atom. The predicted molar refractivity (Wildman–Crippen MR) is 77.7 cm³/mol. The van der Waals surface area contributed by atoms with Gasteiger partial charge in [0.1, 0.15) is 0 Å². The number of nitrogens with two attached hydrogens (primary N) is 1. The van der Waals surface area contributed by atoms with Crippen LogP contribution in [0, 0.1) is 5.41 Å². The van der Waals surface area contributed by atoms with Crippen molar-refractivity contribution in [3.05, 3.63) is 0 Å². The molecule has 1 aliphatic carbocycles. The average molecular weight is 256 g/mol. The highest BCUT2D eigenvalue weighted by Gasteiger charge is 2.58. The van der Waals surface area contributed by atoms with Gasteiger partial charge in [-0.05, 0) is 40.2 Å². The molecule has 1 rings (SSSR count). The van der Waals surface area contributed by atoms with Gasteiger partial charge in [-0.25, -0.2) is 0 Å². The fraction of sp³-hybridized carbons (Fsp3) is 1.00. The Hall–Kier alpha value is -0.120. The molecule has 2 atom stereocenters. The molecule has 0 radical (unpaired) electrons. The standard InChI is InChI=1S/C15H32N2O/c1-7-9-17(12(3)4)11-15(16)10-13(18-8-2)14(15,5)6/h12-13H,7-11,16H2,1-6H3. The van der Waals surface area contributed by atoms with Gasteiger partial charge in [-0.1, -0.05) is 20.8 Å². The van der Waals surface area contributed by atoms with Crippen LogP contribution in [0.5, 0.6) is 0 Å². The van der Waals surface area contributed by atoms with Gasteiger partial charge in [-0.15, -0.1) is 0 Å². The first-order valence-corrected chi connectivity index (χ1v) is 7.43. The lowest BCUT2D eigenvalue weighted by Crippen LogP contribution is -2.74. The van der Waals surface area contributed by atoms with Crippen LogP contribution in [-0.4, -0.2) is 42.3 Å². The molecule has 18 heavy (non-hydrogen) atoms. The first kappa shape index (κ1) is 15.9. The van der Waals surface area contributed by atoms with E-state index in [0.29, 0.717) is 12.1 Å². The third kappa shape index (κ3) is 2.89. The summed E-state index contributed by atoms with van der Waals surface area (Å²) >= 11 is 0. The second-order valence-electron chi connectivity index (χ2n) is 6.59. The highest BCUT2D eigenvalue weighted by molar-refractivity contribution is 5.14. The van der Waals surface area contributed by atoms with E-state index in [1.165, 1.54) is 6.42 Å². The molecular weight excluding hydrogens is 224 g/mol. The Balaban J connectivity index is 2.66. The van der Waals surface area contributed by atoms with Crippen LogP contribution in [0.25, 0.3) is 0 Å². The number of nitrogens with zero attached hydrogens (tertiary/aromatic N) is 1. The van der Waals surface area contributed by atoms with Crippen molar-refractivity contribution >= 4 is 0 Å². The molecule has 0 aromatic heterocycles. The Bertz CT molecular complexity index is 265. The summed E-state index contributed by atoms with van der Waals surface area (Å²) in [5.74, 6) is 0. The lowest BCUT2D eigenvalue weighted by molar-refractivity contribution is -0.157. The molecule has 108 valence electrons. The van der Waals surface area contributed by atoms with E-state index in [-0.39, 0.29) is 11.0 Å². The largest absolute Gasteiger partial charge is 0.378 e. The van der Waals surface area contributed by atoms with Gasteiger partial charge < -0.3 is 10.5 Å². The molecule has 3 heteroatoms. The van der Waals surface area contributed by atoms with E-state index >= 15 is 0 Å². The Morgan fingerprint density at radius 2 is 1.94 bits per heavy atom. The quantitative estimate of drug-likeness (QED) is 0.761. The highest BCUT2D eigenvalue weighted by atomic mass is 16.5. The summed E-state index contributed by atoms with van der Waals surface area (Å²) in [6, 6.07) is 0.562. The van der Waals surface area contributed by atoms with E-state index in [1.54, 1.807) is 0 Å². The van der Waals surface area contributed by atoms with Gasteiger partial charge in [0.15, 0.2) is 0 Å². The van der Waals surface area contributed by atoms with Crippen LogP contribution >= 0.6 is 0 Å². The van der Waals surface area contributed by atoms with E-state index in [9.17, 15) is 0 Å². The van der Waals surface area contributed by atoms with Crippen LogP contribution in [0.3, 0.4) is 0 Å². The summed E-state index contributed by atoms with van der Waals surface area (Å²) in [5, 5.41) is 0. The first-order chi connectivity index (χ1) is 8.28. The van der Waals surface area contributed by atoms with Crippen molar-refractivity contribution in [2.45, 2.75) is 72.1 Å². The molecule has 0 aromatic rings. The topological polar surface area (TPSA) is 38.5 Å². The Kier molecular flexibility index (Phi) is 5.22. The Labute approximate surface area is 113 Å². The molecule has 0 amide bonds. The fourth-order valence-electron chi connectivity index (χ4n) is 2.94. The van der Waals surface area contributed by atoms with Gasteiger partial charge in [0, 0.05) is 30.1 Å². The molecular formula is C15H32N2O. The SMILES string of the molecule is CCCN(CC1(N)CC(OCC)C1(C)C)C(C)C. The van der Waals surface area contributed by atoms with Crippen molar-refractivity contribution in [3.63, 3.8) is 0 Å². The average Bonchev–Trinajstić information content (AvgIpc) is 2.28. The fourth-order valence-corrected chi connectivity index (χ4v) is 2.94. The summed E-state index contributed by atoms with van der Waals surface area (Å²) < 4.78 is 5.79. The summed E-state index contributed by atoms with van der Waals surface area (Å²) in [6.45, 7) is 16.2. The van der Waals surface area contributed by atoms with Crippen molar-refractivity contribution in [3.8, 4) is 0 Å². The molecule has 1 aliphatic rings. The van der Waals surface area contributed by atoms with Gasteiger partial charge in [0.05, 0.1) is 6.10 Å². The van der Waals surface area contributed by atoms with Gasteiger partial charge in [0.25, 0.3) is 0 Å². The summed E-state index contributed by atoms with van der Waals surface area (Å²) in [7, 11) is 0. The smallest absolute Gasteiger partial charge is 0.0662 e. The molecule has 2 N–H and O–H groups in total. The monoisotopic (exact) mass is 256 g/mol. The Morgan fingerprint density at radius 3 is 2.33 bits per heavy atom. The van der Waals surface area contributed by atoms with Crippen molar-refractivity contribution in [1.82, 2.24) is 4.90 Å². The zero-order valence-corrected chi connectivity index (χ0v) is 13.1. The maximum Gasteiger partial charge on any atom is 0.0662 e. The minimum Gasteiger partial charge on any atom is -0.378 e. The number of hydrogen-bond acceptors (Lipinski definition) is 3. The molecule has 0 aromatic carbocycles. The third-order valence-electron chi connectivity index (χ3n) is 4.73. The van der Waals surface area contributed by atoms with Crippen LogP contribution in [0.15, 0.2) is 0 Å². The maximum atomic E-state index is 6.65. The molecule has 1 fully saturated rings. The molecule has 0 spiro atoms. The lowest BCUT2D eigenvalue weighted by Gasteiger charge is -2.60. The second-order valence-corrected chi connectivity index (χ2v) is 6.59. The molecule has 3 nitrogen and oxygen atoms in total. The number of hydrogen-bond donors (Lipinski definition) is 1. The van der Waals surface area contributed by atoms with Crippen LogP contribution in [0.2, 0.25) is 0 Å². The first-order valence-electron chi connectivity index (χ1n) is 7.43. The highest BCUT2D eigenvalue weighted by Crippen LogP contribution is 2.50. The van der Waals surface area contributed by atoms with Gasteiger partial charge >= 0.3 is 0 Å². The van der Waals surface area contributed by atoms with Crippen LogP contribution in [-0.2, 0) is 4.74 Å². The summed E-state index contributed by atoms with van der Waals surface area (Å²) in [4.78, 5) is 2.50. The van der Waals surface area contributed by atoms with Crippen molar-refractivity contribution in [1.29, 1.82) is 0 Å². The van der Waals surface area contributed by atoms with E-state index in [1.807, 2.05) is 0 Å². The normalized spacial score (nSPS) is 30.8. The maximum absolute atomic E-state index is 6.65. The van der Waals surface area contributed by atoms with Gasteiger partial charge in [-0.2, -0.15) is 0 Å². The lowest BCUT2D eigenvalue weighted by atomic mass is 9.54. The van der Waals surface area contributed by atoms with Crippen molar-refractivity contribution in [2.75, 3.05) is 19.7 Å². The van der Waals surface area contributed by atoms with E-state index < -0.39 is 0 Å². The molecule has 2 unspecified atom stereocenters. The van der Waals surface area contributed by atoms with E-state index in [4.69, 9.17) is 10.5 Å². The van der Waals surface area contributed by atoms with Crippen LogP contribution in [0.1, 0.15) is 54.4 Å². The summed E-state index contributed by atoms with van der Waals surface area (Å²) in [5.41, 5.74) is 6.62. The predicted octanol–water partition coefficient (Wildman–Crippen LogP) is 2.64. The zero-order chi connectivity index (χ0) is 14.0. The van der Waals surface area contributed by atoms with Crippen molar-refractivity contribution < 1.29 is 4.74 Å². The van der Waals surface area contributed by atoms with Crippen LogP contribution in [0.4, 0.5) is 0 Å². The minimum absolute atomic E-state index is 0.0733. The van der Waals surface area contributed by atoms with E-state index in [0.717, 1.165) is 26.1 Å². The molecule has 0 saturated heterocycles. The summed E-state index contributed by atoms with van der Waals surface area (Å²) in [6.07, 6.45) is 2.49. The molecule has 0 aliphatic heterocycles. The molecule has 0 bridgehead atoms. The van der Waals surface area contributed by atoms with Crippen molar-refractivity contribution in [2.24, 2.45) is 11.1 Å². The molecule has 1 saturated carbocycles. The van der Waals surface area contributed by atoms with Crippen LogP contribution < -0.4 is 5.73 Å².